The lowest BCUT2D eigenvalue weighted by Crippen LogP contribution is -2.45. The van der Waals surface area contributed by atoms with Crippen molar-refractivity contribution in [3.8, 4) is 11.5 Å². The lowest BCUT2D eigenvalue weighted by atomic mass is 9.94. The van der Waals surface area contributed by atoms with Gasteiger partial charge in [0, 0.05) is 41.5 Å². The number of phenolic OH excluding ortho intramolecular Hbond substituents is 2. The highest BCUT2D eigenvalue weighted by Crippen LogP contribution is 2.40. The van der Waals surface area contributed by atoms with Crippen LogP contribution in [0.25, 0.3) is 0 Å². The molecule has 74 heavy (non-hydrogen) atoms. The number of nitrogens with zero attached hydrogens (tertiary/aromatic N) is 1. The number of nitroso groups, excluding NO2 is 1. The number of aliphatic hydroxyl groups excluding tert-OH is 2. The number of rotatable bonds is 24. The van der Waals surface area contributed by atoms with Gasteiger partial charge in [0.1, 0.15) is 17.2 Å². The summed E-state index contributed by atoms with van der Waals surface area (Å²) in [4.78, 5) is 24.5. The highest BCUT2D eigenvalue weighted by atomic mass is 16.7. The van der Waals surface area contributed by atoms with E-state index in [0.29, 0.717) is 92.9 Å². The minimum Gasteiger partial charge on any atom is -0.507 e. The van der Waals surface area contributed by atoms with E-state index in [4.69, 9.17) is 37.9 Å². The van der Waals surface area contributed by atoms with Gasteiger partial charge in [-0.3, -0.25) is 4.79 Å². The maximum absolute atomic E-state index is 13.0. The normalized spacial score (nSPS) is 29.2. The first-order chi connectivity index (χ1) is 36.0. The molecule has 4 fully saturated rings. The van der Waals surface area contributed by atoms with E-state index in [9.17, 15) is 30.1 Å². The molecular weight excluding hydrogens is 949 g/mol. The number of ether oxygens (including phenoxy) is 8. The first-order valence-corrected chi connectivity index (χ1v) is 26.9. The third kappa shape index (κ3) is 16.1. The Morgan fingerprint density at radius 2 is 1.00 bits per heavy atom. The van der Waals surface area contributed by atoms with E-state index < -0.39 is 37.4 Å². The van der Waals surface area contributed by atoms with Gasteiger partial charge in [-0.25, -0.2) is 0 Å². The summed E-state index contributed by atoms with van der Waals surface area (Å²) in [5.74, 6) is 0.0133. The van der Waals surface area contributed by atoms with Crippen LogP contribution in [0.3, 0.4) is 0 Å². The molecule has 14 unspecified atom stereocenters. The first kappa shape index (κ1) is 55.4. The number of aliphatic hydroxyl groups is 2. The summed E-state index contributed by atoms with van der Waals surface area (Å²) in [6, 6.07) is 30.1. The zero-order chi connectivity index (χ0) is 51.8. The van der Waals surface area contributed by atoms with E-state index in [2.05, 4.69) is 17.4 Å². The zero-order valence-corrected chi connectivity index (χ0v) is 42.7. The molecule has 16 heteroatoms. The van der Waals surface area contributed by atoms with E-state index in [1.54, 1.807) is 60.7 Å². The molecule has 402 valence electrons. The van der Waals surface area contributed by atoms with Crippen LogP contribution in [0.5, 0.6) is 11.5 Å². The Bertz CT molecular complexity index is 2340. The van der Waals surface area contributed by atoms with E-state index in [1.165, 1.54) is 0 Å². The average Bonchev–Trinajstić information content (AvgIpc) is 3.40. The fourth-order valence-corrected chi connectivity index (χ4v) is 10.8. The number of carbonyl (C=O) groups excluding carboxylic acids is 1. The molecule has 0 radical (unpaired) electrons. The molecular formula is C58H76N2O14. The van der Waals surface area contributed by atoms with Crippen molar-refractivity contribution in [2.45, 2.75) is 203 Å². The number of benzene rings is 4. The molecule has 0 saturated carbocycles. The van der Waals surface area contributed by atoms with Crippen molar-refractivity contribution < 1.29 is 63.1 Å². The molecule has 0 bridgehead atoms. The van der Waals surface area contributed by atoms with Crippen molar-refractivity contribution in [1.82, 2.24) is 5.32 Å². The minimum absolute atomic E-state index is 0.00742. The van der Waals surface area contributed by atoms with Crippen LogP contribution in [0, 0.1) is 4.91 Å². The molecule has 5 N–H and O–H groups in total. The predicted molar refractivity (Wildman–Crippen MR) is 275 cm³/mol. The summed E-state index contributed by atoms with van der Waals surface area (Å²) < 4.78 is 50.6. The average molecular weight is 1030 g/mol. The van der Waals surface area contributed by atoms with Crippen LogP contribution in [-0.4, -0.2) is 100 Å². The smallest absolute Gasteiger partial charge is 0.251 e. The van der Waals surface area contributed by atoms with Gasteiger partial charge in [0.25, 0.3) is 5.91 Å². The van der Waals surface area contributed by atoms with Crippen LogP contribution in [0.2, 0.25) is 0 Å². The summed E-state index contributed by atoms with van der Waals surface area (Å²) >= 11 is 0. The Hall–Kier alpha value is -4.85. The Kier molecular flexibility index (Phi) is 20.8. The van der Waals surface area contributed by atoms with Crippen molar-refractivity contribution in [3.63, 3.8) is 0 Å². The number of amides is 1. The molecule has 0 spiro atoms. The molecule has 4 saturated heterocycles. The first-order valence-electron chi connectivity index (χ1n) is 26.9. The molecule has 14 atom stereocenters. The Labute approximate surface area is 434 Å². The van der Waals surface area contributed by atoms with Crippen LogP contribution in [-0.2, 0) is 37.9 Å². The van der Waals surface area contributed by atoms with Crippen LogP contribution in [0.4, 0.5) is 5.69 Å². The van der Waals surface area contributed by atoms with E-state index in [1.807, 2.05) is 49.4 Å². The molecule has 4 aliphatic rings. The van der Waals surface area contributed by atoms with Crippen LogP contribution in [0.15, 0.2) is 108 Å². The monoisotopic (exact) mass is 1020 g/mol. The maximum atomic E-state index is 13.0. The molecule has 0 aliphatic carbocycles. The topological polar surface area (TPSA) is 213 Å². The second kappa shape index (κ2) is 27.8. The largest absolute Gasteiger partial charge is 0.507 e. The number of carbonyl (C=O) groups is 1. The molecule has 0 aromatic heterocycles. The van der Waals surface area contributed by atoms with Gasteiger partial charge >= 0.3 is 0 Å². The van der Waals surface area contributed by atoms with Crippen molar-refractivity contribution >= 4 is 11.6 Å². The summed E-state index contributed by atoms with van der Waals surface area (Å²) in [7, 11) is 0. The second-order valence-electron chi connectivity index (χ2n) is 20.4. The minimum atomic E-state index is -0.774. The van der Waals surface area contributed by atoms with Crippen molar-refractivity contribution in [2.75, 3.05) is 6.54 Å². The Balaban J connectivity index is 0.825. The highest BCUT2D eigenvalue weighted by Gasteiger charge is 2.37. The standard InChI is InChI=1S/C58H76N2O14/c1-3-41-33-43(71-57(70-41)49-25-8-11-28-52(49)63)23-15-22-42-35-47(69-54(68-42)36-59-55(65)38-16-5-4-6-17-38)32-40(62)19-14-21-45-34-44(72-58(73-45)50-26-9-12-29-53(50)64)20-13-18-39(61)31-46-30-37(2)67-56(74-46)48-24-7-10-27-51(48)60-66/h4-12,16-17,24-29,37,39-47,54,56-58,61-64H,3,13-15,18-23,30-36H2,1-2H3,(H,59,65). The quantitative estimate of drug-likeness (QED) is 0.0413. The summed E-state index contributed by atoms with van der Waals surface area (Å²) in [5.41, 5.74) is 2.56. The molecule has 16 nitrogen and oxygen atoms in total. The van der Waals surface area contributed by atoms with E-state index in [-0.39, 0.29) is 78.5 Å². The zero-order valence-electron chi connectivity index (χ0n) is 42.7. The third-order valence-electron chi connectivity index (χ3n) is 14.6. The predicted octanol–water partition coefficient (Wildman–Crippen LogP) is 10.8. The molecule has 4 aliphatic heterocycles. The summed E-state index contributed by atoms with van der Waals surface area (Å²) in [5, 5.41) is 50.1. The lowest BCUT2D eigenvalue weighted by Gasteiger charge is -2.38. The van der Waals surface area contributed by atoms with Gasteiger partial charge in [-0.2, -0.15) is 0 Å². The Morgan fingerprint density at radius 1 is 0.554 bits per heavy atom. The molecule has 1 amide bonds. The van der Waals surface area contributed by atoms with Gasteiger partial charge in [0.15, 0.2) is 25.2 Å². The van der Waals surface area contributed by atoms with Gasteiger partial charge < -0.3 is 63.6 Å². The van der Waals surface area contributed by atoms with Gasteiger partial charge in [0.05, 0.1) is 67.6 Å². The van der Waals surface area contributed by atoms with Crippen molar-refractivity contribution in [1.29, 1.82) is 0 Å². The van der Waals surface area contributed by atoms with Crippen LogP contribution >= 0.6 is 0 Å². The van der Waals surface area contributed by atoms with E-state index in [0.717, 1.165) is 32.1 Å². The molecule has 4 heterocycles. The third-order valence-corrected chi connectivity index (χ3v) is 14.6. The highest BCUT2D eigenvalue weighted by molar-refractivity contribution is 5.94. The van der Waals surface area contributed by atoms with Gasteiger partial charge in [-0.05, 0) is 126 Å². The fourth-order valence-electron chi connectivity index (χ4n) is 10.8. The van der Waals surface area contributed by atoms with Crippen molar-refractivity contribution in [2.24, 2.45) is 5.18 Å². The van der Waals surface area contributed by atoms with Gasteiger partial charge in [-0.1, -0.05) is 79.7 Å². The van der Waals surface area contributed by atoms with Gasteiger partial charge in [-0.15, -0.1) is 4.91 Å². The summed E-state index contributed by atoms with van der Waals surface area (Å²) in [6.07, 6.45) is 4.85. The number of phenols is 2. The van der Waals surface area contributed by atoms with Gasteiger partial charge in [0.2, 0.25) is 0 Å². The van der Waals surface area contributed by atoms with Crippen LogP contribution in [0.1, 0.15) is 162 Å². The second-order valence-corrected chi connectivity index (χ2v) is 20.4. The van der Waals surface area contributed by atoms with E-state index >= 15 is 0 Å². The van der Waals surface area contributed by atoms with Crippen molar-refractivity contribution in [3.05, 3.63) is 130 Å². The number of para-hydroxylation sites is 2. The number of hydrogen-bond donors (Lipinski definition) is 5. The number of aromatic hydroxyl groups is 2. The Morgan fingerprint density at radius 3 is 1.58 bits per heavy atom. The molecule has 4 aromatic rings. The summed E-state index contributed by atoms with van der Waals surface area (Å²) in [6.45, 7) is 4.20. The lowest BCUT2D eigenvalue weighted by molar-refractivity contribution is -0.253. The fraction of sp³-hybridized carbons (Fsp3) is 0.569. The molecule has 4 aromatic carbocycles. The number of hydrogen-bond acceptors (Lipinski definition) is 15. The maximum Gasteiger partial charge on any atom is 0.251 e. The number of nitrogens with one attached hydrogen (secondary N) is 1. The van der Waals surface area contributed by atoms with Crippen LogP contribution < -0.4 is 5.32 Å². The SMILES string of the molecule is CCC1CC(CCCC2CC(CC(O)CCCC3CC(CCCC(O)CC4CC(C)OC(c5ccccc5N=O)O4)OC(c4ccccc4O)O3)OC(CNC(=O)c3ccccc3)O2)OC(c2ccccc2O)O1. The molecule has 8 rings (SSSR count).